The van der Waals surface area contributed by atoms with E-state index in [0.717, 1.165) is 24.2 Å². The van der Waals surface area contributed by atoms with E-state index in [1.165, 1.54) is 6.42 Å². The molecule has 0 spiro atoms. The van der Waals surface area contributed by atoms with E-state index in [0.29, 0.717) is 16.8 Å². The van der Waals surface area contributed by atoms with Crippen molar-refractivity contribution in [2.24, 2.45) is 0 Å². The van der Waals surface area contributed by atoms with Crippen LogP contribution in [0.5, 0.6) is 0 Å². The Balaban J connectivity index is 2.02. The molecule has 0 amide bonds. The Morgan fingerprint density at radius 1 is 1.35 bits per heavy atom. The molecule has 0 radical (unpaired) electrons. The lowest BCUT2D eigenvalue weighted by Crippen LogP contribution is -2.19. The zero-order valence-corrected chi connectivity index (χ0v) is 9.93. The number of nitrogen functional groups attached to an aromatic ring is 1. The Hall–Kier alpha value is -1.62. The first-order valence-corrected chi connectivity index (χ1v) is 5.97. The zero-order valence-electron chi connectivity index (χ0n) is 9.17. The van der Waals surface area contributed by atoms with Gasteiger partial charge in [-0.3, -0.25) is 0 Å². The Kier molecular flexibility index (Phi) is 2.48. The van der Waals surface area contributed by atoms with Crippen molar-refractivity contribution in [3.05, 3.63) is 23.2 Å². The van der Waals surface area contributed by atoms with Crippen molar-refractivity contribution in [2.75, 3.05) is 5.73 Å². The Morgan fingerprint density at radius 2 is 2.18 bits per heavy atom. The Morgan fingerprint density at radius 3 is 2.82 bits per heavy atom. The molecule has 3 rings (SSSR count). The molecule has 1 heterocycles. The van der Waals surface area contributed by atoms with Crippen molar-refractivity contribution < 1.29 is 0 Å². The van der Waals surface area contributed by atoms with Gasteiger partial charge in [-0.1, -0.05) is 11.6 Å². The second kappa shape index (κ2) is 4.00. The smallest absolute Gasteiger partial charge is 0.182 e. The van der Waals surface area contributed by atoms with Crippen molar-refractivity contribution in [3.63, 3.8) is 0 Å². The first-order chi connectivity index (χ1) is 8.25. The first-order valence-electron chi connectivity index (χ1n) is 5.59. The highest BCUT2D eigenvalue weighted by molar-refractivity contribution is 6.33. The molecule has 1 saturated carbocycles. The number of rotatable bonds is 2. The molecule has 0 atom stereocenters. The largest absolute Gasteiger partial charge is 0.398 e. The summed E-state index contributed by atoms with van der Waals surface area (Å²) in [6.45, 7) is 0. The van der Waals surface area contributed by atoms with E-state index in [-0.39, 0.29) is 0 Å². The van der Waals surface area contributed by atoms with Crippen LogP contribution in [0.25, 0.3) is 11.4 Å². The number of benzene rings is 1. The van der Waals surface area contributed by atoms with E-state index in [1.54, 1.807) is 6.07 Å². The summed E-state index contributed by atoms with van der Waals surface area (Å²) in [6.07, 6.45) is 3.52. The summed E-state index contributed by atoms with van der Waals surface area (Å²) in [5.74, 6) is 0.762. The summed E-state index contributed by atoms with van der Waals surface area (Å²) in [6, 6.07) is 5.89. The molecule has 0 aliphatic heterocycles. The van der Waals surface area contributed by atoms with Crippen LogP contribution in [0.1, 0.15) is 25.3 Å². The van der Waals surface area contributed by atoms with Crippen LogP contribution in [0.3, 0.4) is 0 Å². The molecule has 2 aromatic rings. The molecule has 6 heteroatoms. The fourth-order valence-electron chi connectivity index (χ4n) is 1.94. The highest BCUT2D eigenvalue weighted by Gasteiger charge is 2.24. The van der Waals surface area contributed by atoms with Crippen molar-refractivity contribution in [3.8, 4) is 11.4 Å². The second-order valence-corrected chi connectivity index (χ2v) is 4.68. The molecule has 17 heavy (non-hydrogen) atoms. The van der Waals surface area contributed by atoms with E-state index in [4.69, 9.17) is 17.3 Å². The van der Waals surface area contributed by atoms with Gasteiger partial charge in [-0.25, -0.2) is 4.68 Å². The maximum absolute atomic E-state index is 5.90. The predicted molar refractivity (Wildman–Crippen MR) is 65.6 cm³/mol. The highest BCUT2D eigenvalue weighted by Crippen LogP contribution is 2.34. The van der Waals surface area contributed by atoms with Gasteiger partial charge in [0.2, 0.25) is 0 Å². The van der Waals surface area contributed by atoms with E-state index in [2.05, 4.69) is 15.5 Å². The number of aromatic nitrogens is 4. The predicted octanol–water partition coefficient (Wildman–Crippen LogP) is 2.30. The summed E-state index contributed by atoms with van der Waals surface area (Å²) >= 11 is 5.90. The minimum atomic E-state index is 0.428. The molecule has 0 unspecified atom stereocenters. The molecule has 1 aromatic carbocycles. The van der Waals surface area contributed by atoms with E-state index in [1.807, 2.05) is 16.8 Å². The standard InChI is InChI=1S/C11H12ClN5/c12-9-5-4-7(6-10(9)13)11-14-15-16-17(11)8-2-1-3-8/h4-6,8H,1-3,13H2. The molecule has 0 saturated heterocycles. The van der Waals surface area contributed by atoms with Crippen molar-refractivity contribution in [1.29, 1.82) is 0 Å². The van der Waals surface area contributed by atoms with Crippen LogP contribution in [0, 0.1) is 0 Å². The fraction of sp³-hybridized carbons (Fsp3) is 0.364. The molecule has 5 nitrogen and oxygen atoms in total. The van der Waals surface area contributed by atoms with Crippen LogP contribution in [0.2, 0.25) is 5.02 Å². The third kappa shape index (κ3) is 1.76. The maximum Gasteiger partial charge on any atom is 0.182 e. The quantitative estimate of drug-likeness (QED) is 0.829. The lowest BCUT2D eigenvalue weighted by atomic mass is 9.93. The highest BCUT2D eigenvalue weighted by atomic mass is 35.5. The number of anilines is 1. The number of hydrogen-bond acceptors (Lipinski definition) is 4. The number of nitrogens with zero attached hydrogens (tertiary/aromatic N) is 4. The molecule has 1 aliphatic rings. The molecular formula is C11H12ClN5. The number of tetrazole rings is 1. The molecular weight excluding hydrogens is 238 g/mol. The van der Waals surface area contributed by atoms with Crippen molar-refractivity contribution in [2.45, 2.75) is 25.3 Å². The molecule has 2 N–H and O–H groups in total. The van der Waals surface area contributed by atoms with E-state index in [9.17, 15) is 0 Å². The maximum atomic E-state index is 5.90. The second-order valence-electron chi connectivity index (χ2n) is 4.27. The fourth-order valence-corrected chi connectivity index (χ4v) is 2.06. The van der Waals surface area contributed by atoms with Crippen LogP contribution in [0.4, 0.5) is 5.69 Å². The summed E-state index contributed by atoms with van der Waals surface area (Å²) in [5.41, 5.74) is 7.24. The SMILES string of the molecule is Nc1cc(-c2nnnn2C2CCC2)ccc1Cl. The average molecular weight is 250 g/mol. The molecule has 0 bridgehead atoms. The van der Waals surface area contributed by atoms with E-state index < -0.39 is 0 Å². The van der Waals surface area contributed by atoms with Gasteiger partial charge in [0.15, 0.2) is 5.82 Å². The first kappa shape index (κ1) is 10.5. The van der Waals surface area contributed by atoms with Gasteiger partial charge in [-0.05, 0) is 47.9 Å². The van der Waals surface area contributed by atoms with Crippen LogP contribution in [-0.2, 0) is 0 Å². The van der Waals surface area contributed by atoms with Gasteiger partial charge < -0.3 is 5.73 Å². The van der Waals surface area contributed by atoms with Gasteiger partial charge >= 0.3 is 0 Å². The van der Waals surface area contributed by atoms with Crippen LogP contribution in [-0.4, -0.2) is 20.2 Å². The number of nitrogens with two attached hydrogens (primary N) is 1. The van der Waals surface area contributed by atoms with Crippen LogP contribution >= 0.6 is 11.6 Å². The molecule has 1 aliphatic carbocycles. The Bertz CT molecular complexity index is 547. The topological polar surface area (TPSA) is 69.6 Å². The van der Waals surface area contributed by atoms with E-state index >= 15 is 0 Å². The van der Waals surface area contributed by atoms with Gasteiger partial charge in [-0.15, -0.1) is 5.10 Å². The zero-order chi connectivity index (χ0) is 11.8. The molecule has 88 valence electrons. The summed E-state index contributed by atoms with van der Waals surface area (Å²) < 4.78 is 1.88. The van der Waals surface area contributed by atoms with Crippen LogP contribution < -0.4 is 5.73 Å². The average Bonchev–Trinajstić information content (AvgIpc) is 2.68. The van der Waals surface area contributed by atoms with Gasteiger partial charge in [0.1, 0.15) is 0 Å². The lowest BCUT2D eigenvalue weighted by Gasteiger charge is -2.25. The minimum Gasteiger partial charge on any atom is -0.398 e. The molecule has 1 aromatic heterocycles. The van der Waals surface area contributed by atoms with Crippen LogP contribution in [0.15, 0.2) is 18.2 Å². The minimum absolute atomic E-state index is 0.428. The normalized spacial score (nSPS) is 15.8. The van der Waals surface area contributed by atoms with Gasteiger partial charge in [0, 0.05) is 5.56 Å². The monoisotopic (exact) mass is 249 g/mol. The summed E-state index contributed by atoms with van der Waals surface area (Å²) in [7, 11) is 0. The Labute approximate surface area is 104 Å². The third-order valence-electron chi connectivity index (χ3n) is 3.17. The summed E-state index contributed by atoms with van der Waals surface area (Å²) in [5, 5.41) is 12.4. The van der Waals surface area contributed by atoms with Gasteiger partial charge in [0.25, 0.3) is 0 Å². The third-order valence-corrected chi connectivity index (χ3v) is 3.51. The molecule has 1 fully saturated rings. The number of hydrogen-bond donors (Lipinski definition) is 1. The van der Waals surface area contributed by atoms with Crippen molar-refractivity contribution >= 4 is 17.3 Å². The van der Waals surface area contributed by atoms with Crippen molar-refractivity contribution in [1.82, 2.24) is 20.2 Å². The van der Waals surface area contributed by atoms with Gasteiger partial charge in [-0.2, -0.15) is 0 Å². The lowest BCUT2D eigenvalue weighted by molar-refractivity contribution is 0.287. The number of halogens is 1. The van der Waals surface area contributed by atoms with Gasteiger partial charge in [0.05, 0.1) is 16.8 Å². The summed E-state index contributed by atoms with van der Waals surface area (Å²) in [4.78, 5) is 0.